The fraction of sp³-hybridized carbons (Fsp3) is 0.238. The second kappa shape index (κ2) is 15.8. The molecule has 5 heterocycles. The number of benzene rings is 7. The normalized spacial score (nSPS) is 13.6. The molecule has 0 radical (unpaired) electrons. The molecule has 69 heavy (non-hydrogen) atoms. The van der Waals surface area contributed by atoms with Crippen LogP contribution in [0, 0.1) is 27.7 Å². The van der Waals surface area contributed by atoms with E-state index in [1.165, 1.54) is 141 Å². The van der Waals surface area contributed by atoms with Gasteiger partial charge in [-0.25, -0.2) is 0 Å². The van der Waals surface area contributed by atoms with Crippen molar-refractivity contribution in [2.45, 2.75) is 99.8 Å². The van der Waals surface area contributed by atoms with Crippen LogP contribution in [0.2, 0.25) is 0 Å². The van der Waals surface area contributed by atoms with Crippen LogP contribution < -0.4 is 26.2 Å². The summed E-state index contributed by atoms with van der Waals surface area (Å²) in [5.74, 6) is 0.304. The summed E-state index contributed by atoms with van der Waals surface area (Å²) in [6.45, 7) is 28.2. The molecule has 7 aromatic carbocycles. The van der Waals surface area contributed by atoms with Crippen molar-refractivity contribution in [2.75, 3.05) is 9.80 Å². The summed E-state index contributed by atoms with van der Waals surface area (Å²) in [7, 11) is 0. The zero-order valence-corrected chi connectivity index (χ0v) is 44.4. The summed E-state index contributed by atoms with van der Waals surface area (Å²) < 4.78 is 3.99. The van der Waals surface area contributed by atoms with Gasteiger partial charge in [0.15, 0.2) is 0 Å². The molecule has 2 aliphatic rings. The third-order valence-electron chi connectivity index (χ3n) is 15.1. The minimum atomic E-state index is -0.00478. The highest BCUT2D eigenvalue weighted by Gasteiger charge is 2.47. The van der Waals surface area contributed by atoms with Gasteiger partial charge in [-0.05, 0) is 176 Å². The summed E-state index contributed by atoms with van der Waals surface area (Å²) in [6, 6.07) is 47.5. The number of anilines is 6. The first-order valence-electron chi connectivity index (χ1n) is 24.6. The Bertz CT molecular complexity index is 3710. The molecule has 342 valence electrons. The lowest BCUT2D eigenvalue weighted by molar-refractivity contribution is 0.589. The van der Waals surface area contributed by atoms with Gasteiger partial charge in [-0.3, -0.25) is 0 Å². The summed E-state index contributed by atoms with van der Waals surface area (Å²) in [6.07, 6.45) is 0. The predicted molar refractivity (Wildman–Crippen MR) is 308 cm³/mol. The molecule has 3 aromatic heterocycles. The number of thiophene rings is 3. The standard InChI is InChI=1S/C63H59BN2S3/c1-35(2)41-30-52-58-53(31-41)66(60-36(3)25-42(26-37(60)4)49-34-68-55-20-16-14-18-46(49)55)61-57(47-32-43(62(7,8)9)22-24-56(47)69-61)64(58)50-23-21-40(48-33-67-54-19-15-13-17-45(48)54)29-51(50)65(52)59-38(5)27-44(28-39(59)6)63(10,11)12/h13-35H,1-12H3. The van der Waals surface area contributed by atoms with Crippen LogP contribution in [0.15, 0.2) is 132 Å². The molecule has 0 aliphatic carbocycles. The molecule has 0 saturated carbocycles. The van der Waals surface area contributed by atoms with Crippen LogP contribution in [0.1, 0.15) is 100 Å². The maximum Gasteiger partial charge on any atom is 0.254 e. The Balaban J connectivity index is 1.20. The van der Waals surface area contributed by atoms with Crippen LogP contribution in [0.25, 0.3) is 52.5 Å². The Morgan fingerprint density at radius 1 is 0.478 bits per heavy atom. The van der Waals surface area contributed by atoms with Crippen LogP contribution in [0.4, 0.5) is 33.4 Å². The molecule has 0 spiro atoms. The van der Waals surface area contributed by atoms with Crippen LogP contribution in [0.5, 0.6) is 0 Å². The topological polar surface area (TPSA) is 6.48 Å². The Hall–Kier alpha value is -5.92. The van der Waals surface area contributed by atoms with E-state index in [9.17, 15) is 0 Å². The first kappa shape index (κ1) is 44.3. The Morgan fingerprint density at radius 2 is 1.03 bits per heavy atom. The van der Waals surface area contributed by atoms with Gasteiger partial charge in [0.25, 0.3) is 6.71 Å². The van der Waals surface area contributed by atoms with E-state index in [0.29, 0.717) is 5.92 Å². The highest BCUT2D eigenvalue weighted by molar-refractivity contribution is 7.26. The monoisotopic (exact) mass is 950 g/mol. The van der Waals surface area contributed by atoms with E-state index in [1.807, 2.05) is 34.0 Å². The lowest BCUT2D eigenvalue weighted by Crippen LogP contribution is -2.61. The van der Waals surface area contributed by atoms with Gasteiger partial charge in [-0.15, -0.1) is 34.0 Å². The maximum atomic E-state index is 2.70. The Kier molecular flexibility index (Phi) is 10.1. The van der Waals surface area contributed by atoms with Gasteiger partial charge in [-0.2, -0.15) is 0 Å². The number of rotatable bonds is 5. The predicted octanol–water partition coefficient (Wildman–Crippen LogP) is 17.7. The third-order valence-corrected chi connectivity index (χ3v) is 18.2. The molecule has 2 aliphatic heterocycles. The van der Waals surface area contributed by atoms with Gasteiger partial charge in [0.1, 0.15) is 0 Å². The quantitative estimate of drug-likeness (QED) is 0.159. The summed E-state index contributed by atoms with van der Waals surface area (Å²) in [4.78, 5) is 5.39. The summed E-state index contributed by atoms with van der Waals surface area (Å²) in [5, 5.41) is 10.0. The lowest BCUT2D eigenvalue weighted by Gasteiger charge is -2.45. The van der Waals surface area contributed by atoms with Gasteiger partial charge < -0.3 is 9.80 Å². The molecular formula is C63H59BN2S3. The van der Waals surface area contributed by atoms with Gasteiger partial charge in [0.2, 0.25) is 0 Å². The first-order chi connectivity index (χ1) is 33.0. The summed E-state index contributed by atoms with van der Waals surface area (Å²) in [5.41, 5.74) is 25.0. The molecule has 0 amide bonds. The minimum absolute atomic E-state index is 0.00478. The minimum Gasteiger partial charge on any atom is -0.311 e. The molecule has 10 aromatic rings. The van der Waals surface area contributed by atoms with E-state index in [0.717, 1.165) is 0 Å². The van der Waals surface area contributed by atoms with E-state index in [1.54, 1.807) is 0 Å². The maximum absolute atomic E-state index is 2.70. The van der Waals surface area contributed by atoms with Crippen LogP contribution in [-0.2, 0) is 10.8 Å². The zero-order valence-electron chi connectivity index (χ0n) is 42.0. The molecule has 2 nitrogen and oxygen atoms in total. The second-order valence-corrected chi connectivity index (χ2v) is 25.1. The molecule has 12 rings (SSSR count). The average molecular weight is 951 g/mol. The average Bonchev–Trinajstić information content (AvgIpc) is 4.04. The molecule has 0 bridgehead atoms. The van der Waals surface area contributed by atoms with E-state index < -0.39 is 0 Å². The van der Waals surface area contributed by atoms with Crippen molar-refractivity contribution in [1.29, 1.82) is 0 Å². The van der Waals surface area contributed by atoms with Crippen LogP contribution in [0.3, 0.4) is 0 Å². The van der Waals surface area contributed by atoms with Gasteiger partial charge in [-0.1, -0.05) is 128 Å². The van der Waals surface area contributed by atoms with Gasteiger partial charge >= 0.3 is 0 Å². The fourth-order valence-electron chi connectivity index (χ4n) is 11.6. The lowest BCUT2D eigenvalue weighted by atomic mass is 9.33. The van der Waals surface area contributed by atoms with Crippen molar-refractivity contribution < 1.29 is 0 Å². The van der Waals surface area contributed by atoms with Crippen molar-refractivity contribution in [2.24, 2.45) is 0 Å². The van der Waals surface area contributed by atoms with Gasteiger partial charge in [0.05, 0.1) is 16.4 Å². The van der Waals surface area contributed by atoms with E-state index in [4.69, 9.17) is 0 Å². The van der Waals surface area contributed by atoms with E-state index in [-0.39, 0.29) is 17.5 Å². The first-order valence-corrected chi connectivity index (χ1v) is 27.2. The van der Waals surface area contributed by atoms with E-state index in [2.05, 4.69) is 225 Å². The van der Waals surface area contributed by atoms with Crippen LogP contribution in [-0.4, -0.2) is 6.71 Å². The molecule has 0 atom stereocenters. The smallest absolute Gasteiger partial charge is 0.254 e. The summed E-state index contributed by atoms with van der Waals surface area (Å²) >= 11 is 5.65. The molecule has 0 fully saturated rings. The SMILES string of the molecule is Cc1cc(C(C)(C)C)cc(C)c1N1c2cc(-c3csc4ccccc34)ccc2B2c3c1cc(C(C)C)cc3N(c1c(C)cc(-c3csc4ccccc34)cc1C)c1sc3ccc(C(C)(C)C)cc3c12. The number of hydrogen-bond donors (Lipinski definition) is 0. The molecule has 0 saturated heterocycles. The second-order valence-electron chi connectivity index (χ2n) is 22.2. The molecule has 0 unspecified atom stereocenters. The van der Waals surface area contributed by atoms with Crippen molar-refractivity contribution in [3.8, 4) is 22.3 Å². The molecule has 0 N–H and O–H groups in total. The number of aryl methyl sites for hydroxylation is 4. The largest absolute Gasteiger partial charge is 0.311 e. The Labute approximate surface area is 421 Å². The number of nitrogens with zero attached hydrogens (tertiary/aromatic N) is 2. The highest BCUT2D eigenvalue weighted by Crippen LogP contribution is 2.52. The van der Waals surface area contributed by atoms with Crippen LogP contribution >= 0.6 is 34.0 Å². The van der Waals surface area contributed by atoms with Crippen molar-refractivity contribution in [3.05, 3.63) is 171 Å². The Morgan fingerprint density at radius 3 is 1.62 bits per heavy atom. The van der Waals surface area contributed by atoms with Crippen molar-refractivity contribution in [3.63, 3.8) is 0 Å². The van der Waals surface area contributed by atoms with Gasteiger partial charge in [0, 0.05) is 53.1 Å². The number of fused-ring (bicyclic) bond motifs is 8. The third kappa shape index (κ3) is 6.91. The van der Waals surface area contributed by atoms with E-state index >= 15 is 0 Å². The zero-order chi connectivity index (χ0) is 48.0. The fourth-order valence-corrected chi connectivity index (χ4v) is 14.8. The van der Waals surface area contributed by atoms with Crippen molar-refractivity contribution >= 4 is 121 Å². The number of hydrogen-bond acceptors (Lipinski definition) is 5. The molecular weight excluding hydrogens is 892 g/mol. The highest BCUT2D eigenvalue weighted by atomic mass is 32.1. The molecule has 6 heteroatoms. The van der Waals surface area contributed by atoms with Crippen molar-refractivity contribution in [1.82, 2.24) is 0 Å².